The van der Waals surface area contributed by atoms with Gasteiger partial charge in [-0.1, -0.05) is 23.7 Å². The number of hydrogen-bond donors (Lipinski definition) is 2. The SMILES string of the molecule is CONC(=O)CC(O)c1ccc(Cl)cc1. The van der Waals surface area contributed by atoms with Gasteiger partial charge in [0.25, 0.3) is 0 Å². The Bertz CT molecular complexity index is 326. The molecule has 0 spiro atoms. The van der Waals surface area contributed by atoms with Crippen molar-refractivity contribution in [1.29, 1.82) is 0 Å². The lowest BCUT2D eigenvalue weighted by Gasteiger charge is -2.10. The van der Waals surface area contributed by atoms with E-state index in [4.69, 9.17) is 11.6 Å². The van der Waals surface area contributed by atoms with Gasteiger partial charge < -0.3 is 5.11 Å². The Labute approximate surface area is 92.8 Å². The van der Waals surface area contributed by atoms with Gasteiger partial charge in [-0.25, -0.2) is 5.48 Å². The van der Waals surface area contributed by atoms with Crippen LogP contribution in [0.15, 0.2) is 24.3 Å². The van der Waals surface area contributed by atoms with Crippen molar-refractivity contribution in [2.45, 2.75) is 12.5 Å². The molecule has 82 valence electrons. The van der Waals surface area contributed by atoms with Gasteiger partial charge in [-0.15, -0.1) is 0 Å². The van der Waals surface area contributed by atoms with E-state index in [1.54, 1.807) is 24.3 Å². The lowest BCUT2D eigenvalue weighted by molar-refractivity contribution is -0.133. The monoisotopic (exact) mass is 229 g/mol. The number of hydroxylamine groups is 1. The quantitative estimate of drug-likeness (QED) is 0.769. The molecule has 1 amide bonds. The van der Waals surface area contributed by atoms with Crippen LogP contribution in [0.25, 0.3) is 0 Å². The molecular weight excluding hydrogens is 218 g/mol. The van der Waals surface area contributed by atoms with Crippen LogP contribution in [0.3, 0.4) is 0 Å². The molecule has 4 nitrogen and oxygen atoms in total. The Morgan fingerprint density at radius 1 is 1.53 bits per heavy atom. The molecule has 0 saturated carbocycles. The summed E-state index contributed by atoms with van der Waals surface area (Å²) in [5, 5.41) is 10.2. The van der Waals surface area contributed by atoms with Crippen LogP contribution < -0.4 is 5.48 Å². The third kappa shape index (κ3) is 3.87. The van der Waals surface area contributed by atoms with Crippen molar-refractivity contribution in [1.82, 2.24) is 5.48 Å². The number of halogens is 1. The number of carbonyl (C=O) groups is 1. The van der Waals surface area contributed by atoms with Crippen molar-refractivity contribution >= 4 is 17.5 Å². The van der Waals surface area contributed by atoms with Gasteiger partial charge in [0.1, 0.15) is 0 Å². The van der Waals surface area contributed by atoms with E-state index in [-0.39, 0.29) is 12.3 Å². The first-order valence-electron chi connectivity index (χ1n) is 4.39. The van der Waals surface area contributed by atoms with E-state index >= 15 is 0 Å². The maximum Gasteiger partial charge on any atom is 0.246 e. The Balaban J connectivity index is 2.57. The second-order valence-electron chi connectivity index (χ2n) is 3.00. The summed E-state index contributed by atoms with van der Waals surface area (Å²) >= 11 is 5.69. The molecule has 0 aromatic heterocycles. The zero-order chi connectivity index (χ0) is 11.3. The van der Waals surface area contributed by atoms with Crippen molar-refractivity contribution in [3.8, 4) is 0 Å². The lowest BCUT2D eigenvalue weighted by Crippen LogP contribution is -2.23. The molecule has 0 aliphatic carbocycles. The second kappa shape index (κ2) is 5.70. The number of hydrogen-bond acceptors (Lipinski definition) is 3. The highest BCUT2D eigenvalue weighted by atomic mass is 35.5. The third-order valence-electron chi connectivity index (χ3n) is 1.85. The Morgan fingerprint density at radius 3 is 2.67 bits per heavy atom. The predicted octanol–water partition coefficient (Wildman–Crippen LogP) is 1.44. The van der Waals surface area contributed by atoms with E-state index in [2.05, 4.69) is 10.3 Å². The number of benzene rings is 1. The Hall–Kier alpha value is -1.10. The van der Waals surface area contributed by atoms with Crippen molar-refractivity contribution in [3.05, 3.63) is 34.9 Å². The van der Waals surface area contributed by atoms with Gasteiger partial charge in [-0.2, -0.15) is 0 Å². The van der Waals surface area contributed by atoms with Crippen LogP contribution in [0.2, 0.25) is 5.02 Å². The van der Waals surface area contributed by atoms with Crippen LogP contribution in [-0.2, 0) is 9.63 Å². The average Bonchev–Trinajstić information content (AvgIpc) is 2.18. The summed E-state index contributed by atoms with van der Waals surface area (Å²) in [6.45, 7) is 0. The van der Waals surface area contributed by atoms with E-state index in [1.807, 2.05) is 0 Å². The van der Waals surface area contributed by atoms with Crippen molar-refractivity contribution < 1.29 is 14.7 Å². The zero-order valence-electron chi connectivity index (χ0n) is 8.24. The van der Waals surface area contributed by atoms with E-state index in [0.29, 0.717) is 10.6 Å². The topological polar surface area (TPSA) is 58.6 Å². The molecule has 0 fully saturated rings. The number of aliphatic hydroxyl groups is 1. The molecule has 0 aliphatic heterocycles. The van der Waals surface area contributed by atoms with Gasteiger partial charge in [0, 0.05) is 5.02 Å². The Kier molecular flexibility index (Phi) is 4.55. The second-order valence-corrected chi connectivity index (χ2v) is 3.44. The molecule has 0 heterocycles. The molecule has 1 rings (SSSR count). The lowest BCUT2D eigenvalue weighted by atomic mass is 10.1. The molecule has 0 bridgehead atoms. The normalized spacial score (nSPS) is 12.2. The van der Waals surface area contributed by atoms with Crippen LogP contribution in [0, 0.1) is 0 Å². The fourth-order valence-electron chi connectivity index (χ4n) is 1.13. The maximum atomic E-state index is 11.1. The summed E-state index contributed by atoms with van der Waals surface area (Å²) in [5.41, 5.74) is 2.78. The molecule has 5 heteroatoms. The summed E-state index contributed by atoms with van der Waals surface area (Å²) in [6.07, 6.45) is -0.896. The van der Waals surface area contributed by atoms with Crippen molar-refractivity contribution in [3.63, 3.8) is 0 Å². The summed E-state index contributed by atoms with van der Waals surface area (Å²) < 4.78 is 0. The van der Waals surface area contributed by atoms with E-state index in [9.17, 15) is 9.90 Å². The third-order valence-corrected chi connectivity index (χ3v) is 2.10. The summed E-state index contributed by atoms with van der Waals surface area (Å²) in [4.78, 5) is 15.5. The number of aliphatic hydroxyl groups excluding tert-OH is 1. The maximum absolute atomic E-state index is 11.1. The molecule has 1 atom stereocenters. The minimum atomic E-state index is -0.850. The molecule has 0 radical (unpaired) electrons. The van der Waals surface area contributed by atoms with Crippen molar-refractivity contribution in [2.24, 2.45) is 0 Å². The first kappa shape index (κ1) is 12.0. The average molecular weight is 230 g/mol. The number of carbonyl (C=O) groups excluding carboxylic acids is 1. The molecule has 1 aromatic carbocycles. The van der Waals surface area contributed by atoms with Crippen LogP contribution in [0.5, 0.6) is 0 Å². The highest BCUT2D eigenvalue weighted by Crippen LogP contribution is 2.18. The van der Waals surface area contributed by atoms with E-state index < -0.39 is 6.10 Å². The number of rotatable bonds is 4. The molecule has 2 N–H and O–H groups in total. The minimum absolute atomic E-state index is 0.0462. The van der Waals surface area contributed by atoms with E-state index in [1.165, 1.54) is 7.11 Å². The molecule has 0 aliphatic rings. The predicted molar refractivity (Wildman–Crippen MR) is 56.2 cm³/mol. The molecule has 1 aromatic rings. The highest BCUT2D eigenvalue weighted by Gasteiger charge is 2.12. The van der Waals surface area contributed by atoms with E-state index in [0.717, 1.165) is 0 Å². The zero-order valence-corrected chi connectivity index (χ0v) is 8.99. The highest BCUT2D eigenvalue weighted by molar-refractivity contribution is 6.30. The smallest absolute Gasteiger partial charge is 0.246 e. The van der Waals surface area contributed by atoms with Gasteiger partial charge >= 0.3 is 0 Å². The van der Waals surface area contributed by atoms with Crippen molar-refractivity contribution in [2.75, 3.05) is 7.11 Å². The molecule has 0 saturated heterocycles. The number of amides is 1. The standard InChI is InChI=1S/C10H12ClNO3/c1-15-12-10(14)6-9(13)7-2-4-8(11)5-3-7/h2-5,9,13H,6H2,1H3,(H,12,14). The van der Waals surface area contributed by atoms with Gasteiger partial charge in [-0.05, 0) is 17.7 Å². The van der Waals surface area contributed by atoms with Crippen LogP contribution in [-0.4, -0.2) is 18.1 Å². The Morgan fingerprint density at radius 2 is 2.13 bits per heavy atom. The fourth-order valence-corrected chi connectivity index (χ4v) is 1.26. The molecule has 1 unspecified atom stereocenters. The summed E-state index contributed by atoms with van der Waals surface area (Å²) in [5.74, 6) is -0.375. The van der Waals surface area contributed by atoms with Crippen LogP contribution in [0.4, 0.5) is 0 Å². The first-order chi connectivity index (χ1) is 7.13. The van der Waals surface area contributed by atoms with Crippen LogP contribution >= 0.6 is 11.6 Å². The molecule has 15 heavy (non-hydrogen) atoms. The van der Waals surface area contributed by atoms with Gasteiger partial charge in [0.15, 0.2) is 0 Å². The fraction of sp³-hybridized carbons (Fsp3) is 0.300. The first-order valence-corrected chi connectivity index (χ1v) is 4.76. The van der Waals surface area contributed by atoms with Gasteiger partial charge in [0.2, 0.25) is 5.91 Å². The largest absolute Gasteiger partial charge is 0.388 e. The van der Waals surface area contributed by atoms with Crippen LogP contribution in [0.1, 0.15) is 18.1 Å². The van der Waals surface area contributed by atoms with Gasteiger partial charge in [-0.3, -0.25) is 9.63 Å². The minimum Gasteiger partial charge on any atom is -0.388 e. The summed E-state index contributed by atoms with van der Waals surface area (Å²) in [7, 11) is 1.34. The number of nitrogens with one attached hydrogen (secondary N) is 1. The summed E-state index contributed by atoms with van der Waals surface area (Å²) in [6, 6.07) is 6.67. The molecular formula is C10H12ClNO3. The van der Waals surface area contributed by atoms with Gasteiger partial charge in [0.05, 0.1) is 19.6 Å².